The number of hydrogen-bond acceptors (Lipinski definition) is 3. The molecule has 0 unspecified atom stereocenters. The molecule has 0 amide bonds. The van der Waals surface area contributed by atoms with Gasteiger partial charge in [0.2, 0.25) is 0 Å². The molecule has 0 radical (unpaired) electrons. The van der Waals surface area contributed by atoms with Crippen molar-refractivity contribution in [1.82, 2.24) is 9.97 Å². The van der Waals surface area contributed by atoms with Gasteiger partial charge in [0, 0.05) is 17.9 Å². The summed E-state index contributed by atoms with van der Waals surface area (Å²) >= 11 is 6.07. The lowest BCUT2D eigenvalue weighted by Crippen LogP contribution is -2.10. The standard InChI is InChI=1S/C14H11ClN2O2/c1-2-12-16-10(7-13(18)17-12)11-6-8-4-3-5-9(15)14(8)19-11/h3-7H,2H2,1H3,(H,16,17,18). The number of nitrogens with zero attached hydrogens (tertiary/aromatic N) is 1. The average Bonchev–Trinajstić information content (AvgIpc) is 2.83. The van der Waals surface area contributed by atoms with E-state index < -0.39 is 0 Å². The quantitative estimate of drug-likeness (QED) is 0.779. The van der Waals surface area contributed by atoms with Gasteiger partial charge >= 0.3 is 0 Å². The Morgan fingerprint density at radius 2 is 2.21 bits per heavy atom. The molecular weight excluding hydrogens is 264 g/mol. The predicted molar refractivity (Wildman–Crippen MR) is 74.5 cm³/mol. The Morgan fingerprint density at radius 1 is 1.37 bits per heavy atom. The first kappa shape index (κ1) is 12.0. The number of furan rings is 1. The first-order valence-corrected chi connectivity index (χ1v) is 6.34. The molecule has 1 N–H and O–H groups in total. The minimum absolute atomic E-state index is 0.187. The SMILES string of the molecule is CCc1nc(-c2cc3cccc(Cl)c3o2)cc(=O)[nH]1. The predicted octanol–water partition coefficient (Wildman–Crippen LogP) is 3.40. The van der Waals surface area contributed by atoms with Crippen molar-refractivity contribution in [3.8, 4) is 11.5 Å². The fraction of sp³-hybridized carbons (Fsp3) is 0.143. The van der Waals surface area contributed by atoms with Crippen molar-refractivity contribution < 1.29 is 4.42 Å². The van der Waals surface area contributed by atoms with Crippen molar-refractivity contribution in [2.24, 2.45) is 0 Å². The van der Waals surface area contributed by atoms with Crippen LogP contribution >= 0.6 is 11.6 Å². The number of fused-ring (bicyclic) bond motifs is 1. The molecule has 0 fully saturated rings. The van der Waals surface area contributed by atoms with Crippen LogP contribution < -0.4 is 5.56 Å². The van der Waals surface area contributed by atoms with Crippen LogP contribution in [0.5, 0.6) is 0 Å². The number of rotatable bonds is 2. The molecule has 0 spiro atoms. The summed E-state index contributed by atoms with van der Waals surface area (Å²) < 4.78 is 5.69. The van der Waals surface area contributed by atoms with Crippen LogP contribution in [0.3, 0.4) is 0 Å². The summed E-state index contributed by atoms with van der Waals surface area (Å²) in [7, 11) is 0. The van der Waals surface area contributed by atoms with E-state index in [1.54, 1.807) is 6.07 Å². The number of H-pyrrole nitrogens is 1. The van der Waals surface area contributed by atoms with Gasteiger partial charge < -0.3 is 9.40 Å². The van der Waals surface area contributed by atoms with Gasteiger partial charge in [-0.15, -0.1) is 0 Å². The monoisotopic (exact) mass is 274 g/mol. The smallest absolute Gasteiger partial charge is 0.251 e. The second-order valence-electron chi connectivity index (χ2n) is 4.20. The Kier molecular flexibility index (Phi) is 2.87. The number of halogens is 1. The van der Waals surface area contributed by atoms with Crippen molar-refractivity contribution in [1.29, 1.82) is 0 Å². The van der Waals surface area contributed by atoms with Crippen molar-refractivity contribution in [3.63, 3.8) is 0 Å². The molecule has 0 bridgehead atoms. The summed E-state index contributed by atoms with van der Waals surface area (Å²) in [6, 6.07) is 8.78. The zero-order chi connectivity index (χ0) is 13.4. The third-order valence-corrected chi connectivity index (χ3v) is 3.17. The van der Waals surface area contributed by atoms with E-state index in [-0.39, 0.29) is 5.56 Å². The van der Waals surface area contributed by atoms with Crippen molar-refractivity contribution in [3.05, 3.63) is 51.5 Å². The first-order valence-electron chi connectivity index (χ1n) is 5.96. The third kappa shape index (κ3) is 2.15. The molecule has 2 aromatic heterocycles. The molecule has 0 saturated heterocycles. The second-order valence-corrected chi connectivity index (χ2v) is 4.61. The van der Waals surface area contributed by atoms with Gasteiger partial charge in [-0.3, -0.25) is 4.79 Å². The zero-order valence-corrected chi connectivity index (χ0v) is 11.0. The molecule has 0 aliphatic carbocycles. The van der Waals surface area contributed by atoms with Crippen LogP contribution in [0.1, 0.15) is 12.7 Å². The Morgan fingerprint density at radius 3 is 2.95 bits per heavy atom. The topological polar surface area (TPSA) is 58.9 Å². The maximum Gasteiger partial charge on any atom is 0.251 e. The molecule has 4 nitrogen and oxygen atoms in total. The molecule has 5 heteroatoms. The molecule has 96 valence electrons. The fourth-order valence-corrected chi connectivity index (χ4v) is 2.18. The van der Waals surface area contributed by atoms with Gasteiger partial charge in [0.05, 0.1) is 5.02 Å². The van der Waals surface area contributed by atoms with Gasteiger partial charge in [-0.05, 0) is 12.1 Å². The van der Waals surface area contributed by atoms with E-state index in [0.29, 0.717) is 34.3 Å². The highest BCUT2D eigenvalue weighted by Crippen LogP contribution is 2.30. The fourth-order valence-electron chi connectivity index (χ4n) is 1.96. The van der Waals surface area contributed by atoms with Crippen LogP contribution in [0.2, 0.25) is 5.02 Å². The van der Waals surface area contributed by atoms with Crippen molar-refractivity contribution in [2.45, 2.75) is 13.3 Å². The van der Waals surface area contributed by atoms with Gasteiger partial charge in [0.25, 0.3) is 5.56 Å². The number of nitrogens with one attached hydrogen (secondary N) is 1. The molecule has 3 rings (SSSR count). The third-order valence-electron chi connectivity index (χ3n) is 2.87. The summed E-state index contributed by atoms with van der Waals surface area (Å²) in [4.78, 5) is 18.6. The molecule has 1 aromatic carbocycles. The second kappa shape index (κ2) is 4.55. The van der Waals surface area contributed by atoms with Crippen LogP contribution in [0, 0.1) is 0 Å². The molecule has 0 aliphatic rings. The molecule has 3 aromatic rings. The molecule has 0 aliphatic heterocycles. The summed E-state index contributed by atoms with van der Waals surface area (Å²) in [5.74, 6) is 1.18. The Bertz CT molecular complexity index is 805. The van der Waals surface area contributed by atoms with E-state index in [0.717, 1.165) is 5.39 Å². The summed E-state index contributed by atoms with van der Waals surface area (Å²) in [6.07, 6.45) is 0.657. The van der Waals surface area contributed by atoms with Gasteiger partial charge in [-0.2, -0.15) is 0 Å². The summed E-state index contributed by atoms with van der Waals surface area (Å²) in [5, 5.41) is 1.44. The number of aromatic amines is 1. The lowest BCUT2D eigenvalue weighted by Gasteiger charge is -1.99. The van der Waals surface area contributed by atoms with Crippen LogP contribution in [0.4, 0.5) is 0 Å². The van der Waals surface area contributed by atoms with E-state index in [1.807, 2.05) is 25.1 Å². The minimum Gasteiger partial charge on any atom is -0.453 e. The highest BCUT2D eigenvalue weighted by molar-refractivity contribution is 6.34. The lowest BCUT2D eigenvalue weighted by atomic mass is 10.2. The molecular formula is C14H11ClN2O2. The number of benzene rings is 1. The Balaban J connectivity index is 2.21. The highest BCUT2D eigenvalue weighted by Gasteiger charge is 2.11. The molecule has 0 atom stereocenters. The van der Waals surface area contributed by atoms with Gasteiger partial charge in [-0.1, -0.05) is 30.7 Å². The van der Waals surface area contributed by atoms with Crippen LogP contribution in [0.15, 0.2) is 39.5 Å². The van der Waals surface area contributed by atoms with Crippen molar-refractivity contribution in [2.75, 3.05) is 0 Å². The minimum atomic E-state index is -0.187. The Hall–Kier alpha value is -2.07. The van der Waals surface area contributed by atoms with Gasteiger partial charge in [0.15, 0.2) is 11.3 Å². The van der Waals surface area contributed by atoms with Gasteiger partial charge in [-0.25, -0.2) is 4.98 Å². The summed E-state index contributed by atoms with van der Waals surface area (Å²) in [5.41, 5.74) is 0.945. The van der Waals surface area contributed by atoms with E-state index in [9.17, 15) is 4.79 Å². The number of aryl methyl sites for hydroxylation is 1. The first-order chi connectivity index (χ1) is 9.17. The van der Waals surface area contributed by atoms with Crippen LogP contribution in [0.25, 0.3) is 22.4 Å². The molecule has 19 heavy (non-hydrogen) atoms. The number of aromatic nitrogens is 2. The maximum absolute atomic E-state index is 11.6. The van der Waals surface area contributed by atoms with Crippen LogP contribution in [-0.2, 0) is 6.42 Å². The lowest BCUT2D eigenvalue weighted by molar-refractivity contribution is 0.627. The van der Waals surface area contributed by atoms with E-state index in [4.69, 9.17) is 16.0 Å². The van der Waals surface area contributed by atoms with E-state index in [2.05, 4.69) is 9.97 Å². The van der Waals surface area contributed by atoms with Gasteiger partial charge in [0.1, 0.15) is 11.5 Å². The zero-order valence-electron chi connectivity index (χ0n) is 10.2. The highest BCUT2D eigenvalue weighted by atomic mass is 35.5. The summed E-state index contributed by atoms with van der Waals surface area (Å²) in [6.45, 7) is 1.93. The average molecular weight is 275 g/mol. The molecule has 2 heterocycles. The number of hydrogen-bond donors (Lipinski definition) is 1. The van der Waals surface area contributed by atoms with Crippen LogP contribution in [-0.4, -0.2) is 9.97 Å². The van der Waals surface area contributed by atoms with Crippen molar-refractivity contribution >= 4 is 22.6 Å². The normalized spacial score (nSPS) is 11.1. The largest absolute Gasteiger partial charge is 0.453 e. The van der Waals surface area contributed by atoms with E-state index in [1.165, 1.54) is 6.07 Å². The number of para-hydroxylation sites is 1. The van der Waals surface area contributed by atoms with E-state index >= 15 is 0 Å². The molecule has 0 saturated carbocycles. The Labute approximate surface area is 114 Å². The maximum atomic E-state index is 11.6.